The van der Waals surface area contributed by atoms with E-state index in [2.05, 4.69) is 12.6 Å². The number of carbonyl (C=O) groups is 1. The molecule has 0 fully saturated rings. The van der Waals surface area contributed by atoms with Gasteiger partial charge in [0.25, 0.3) is 0 Å². The van der Waals surface area contributed by atoms with Crippen molar-refractivity contribution >= 4 is 29.5 Å². The van der Waals surface area contributed by atoms with Crippen molar-refractivity contribution in [3.8, 4) is 0 Å². The molecule has 0 spiro atoms. The van der Waals surface area contributed by atoms with Crippen molar-refractivity contribution in [2.75, 3.05) is 5.75 Å². The smallest absolute Gasteiger partial charge is 0.231 e. The maximum atomic E-state index is 9.50. The lowest BCUT2D eigenvalue weighted by Crippen LogP contribution is -1.81. The summed E-state index contributed by atoms with van der Waals surface area (Å²) in [4.78, 5) is 9.50. The summed E-state index contributed by atoms with van der Waals surface area (Å²) in [6, 6.07) is 0. The lowest BCUT2D eigenvalue weighted by molar-refractivity contribution is -0.109. The minimum absolute atomic E-state index is 0.127. The average Bonchev–Trinajstić information content (AvgIpc) is 1.38. The van der Waals surface area contributed by atoms with E-state index < -0.39 is 5.24 Å². The van der Waals surface area contributed by atoms with Gasteiger partial charge in [-0.1, -0.05) is 0 Å². The van der Waals surface area contributed by atoms with E-state index in [-0.39, 0.29) is 5.75 Å². The van der Waals surface area contributed by atoms with E-state index in [1.165, 1.54) is 0 Å². The summed E-state index contributed by atoms with van der Waals surface area (Å²) >= 11 is 8.28. The summed E-state index contributed by atoms with van der Waals surface area (Å²) < 4.78 is 0. The van der Waals surface area contributed by atoms with Crippen LogP contribution in [-0.4, -0.2) is 11.0 Å². The molecular weight excluding hydrogens is 108 g/mol. The number of thiol groups is 1. The summed E-state index contributed by atoms with van der Waals surface area (Å²) in [7, 11) is 0. The van der Waals surface area contributed by atoms with Gasteiger partial charge in [-0.05, 0) is 11.6 Å². The quantitative estimate of drug-likeness (QED) is 0.388. The van der Waals surface area contributed by atoms with Gasteiger partial charge in [0, 0.05) is 0 Å². The molecule has 0 aromatic heterocycles. The van der Waals surface area contributed by atoms with Crippen molar-refractivity contribution in [1.29, 1.82) is 0 Å². The Kier molecular flexibility index (Phi) is 2.70. The first-order valence-electron chi connectivity index (χ1n) is 1.06. The van der Waals surface area contributed by atoms with Gasteiger partial charge in [0.1, 0.15) is 0 Å². The zero-order chi connectivity index (χ0) is 4.28. The fraction of sp³-hybridized carbons (Fsp3) is 0.500. The minimum Gasteiger partial charge on any atom is -0.280 e. The molecule has 5 heavy (non-hydrogen) atoms. The van der Waals surface area contributed by atoms with Crippen molar-refractivity contribution in [1.82, 2.24) is 0 Å². The van der Waals surface area contributed by atoms with Gasteiger partial charge in [0.2, 0.25) is 5.24 Å². The highest BCUT2D eigenvalue weighted by molar-refractivity contribution is 7.81. The third kappa shape index (κ3) is 4.31. The first-order chi connectivity index (χ1) is 2.27. The Bertz CT molecular complexity index is 44.9. The van der Waals surface area contributed by atoms with Crippen LogP contribution in [0.2, 0.25) is 0 Å². The van der Waals surface area contributed by atoms with Gasteiger partial charge in [-0.3, -0.25) is 4.79 Å². The second-order valence-electron chi connectivity index (χ2n) is 0.513. The number of hydrogen-bond acceptors (Lipinski definition) is 2. The first-order valence-corrected chi connectivity index (χ1v) is 2.07. The van der Waals surface area contributed by atoms with Crippen molar-refractivity contribution in [2.24, 2.45) is 0 Å². The lowest BCUT2D eigenvalue weighted by atomic mass is 10.9. The number of hydrogen-bond donors (Lipinski definition) is 1. The van der Waals surface area contributed by atoms with Crippen LogP contribution in [-0.2, 0) is 4.79 Å². The van der Waals surface area contributed by atoms with Crippen molar-refractivity contribution in [3.63, 3.8) is 0 Å². The average molecular weight is 111 g/mol. The number of rotatable bonds is 1. The third-order valence-electron chi connectivity index (χ3n) is 0.124. The fourth-order valence-corrected chi connectivity index (χ4v) is 0. The summed E-state index contributed by atoms with van der Waals surface area (Å²) in [6.45, 7) is 0. The maximum absolute atomic E-state index is 9.50. The van der Waals surface area contributed by atoms with E-state index >= 15 is 0 Å². The largest absolute Gasteiger partial charge is 0.280 e. The highest BCUT2D eigenvalue weighted by Crippen LogP contribution is 1.79. The van der Waals surface area contributed by atoms with E-state index in [1.807, 2.05) is 0 Å². The van der Waals surface area contributed by atoms with E-state index in [0.29, 0.717) is 0 Å². The summed E-state index contributed by atoms with van der Waals surface area (Å²) in [5, 5.41) is -0.409. The van der Waals surface area contributed by atoms with Gasteiger partial charge in [0.15, 0.2) is 0 Å². The van der Waals surface area contributed by atoms with Crippen LogP contribution in [0.4, 0.5) is 0 Å². The molecule has 1 nitrogen and oxygen atoms in total. The Balaban J connectivity index is 2.85. The highest BCUT2D eigenvalue weighted by atomic mass is 35.5. The molecule has 3 heteroatoms. The highest BCUT2D eigenvalue weighted by Gasteiger charge is 1.81. The monoisotopic (exact) mass is 110 g/mol. The van der Waals surface area contributed by atoms with Crippen molar-refractivity contribution in [2.45, 2.75) is 0 Å². The lowest BCUT2D eigenvalue weighted by Gasteiger charge is -1.67. The standard InChI is InChI=1S/C2H3ClOS/c3-2(4)1-5/h5H,1H2. The fourth-order valence-electron chi connectivity index (χ4n) is 0. The zero-order valence-electron chi connectivity index (χ0n) is 2.44. The predicted octanol–water partition coefficient (Wildman–Crippen LogP) is 0.682. The molecule has 0 aliphatic rings. The van der Waals surface area contributed by atoms with Crippen LogP contribution in [0.1, 0.15) is 0 Å². The molecular formula is C2H3ClOS. The van der Waals surface area contributed by atoms with Crippen LogP contribution < -0.4 is 0 Å². The Morgan fingerprint density at radius 2 is 2.20 bits per heavy atom. The Morgan fingerprint density at radius 1 is 2.00 bits per heavy atom. The molecule has 0 N–H and O–H groups in total. The third-order valence-corrected chi connectivity index (χ3v) is 0.732. The molecule has 0 aromatic rings. The molecule has 0 aliphatic heterocycles. The Labute approximate surface area is 40.7 Å². The zero-order valence-corrected chi connectivity index (χ0v) is 4.09. The normalized spacial score (nSPS) is 7.60. The van der Waals surface area contributed by atoms with Crippen molar-refractivity contribution < 1.29 is 4.79 Å². The van der Waals surface area contributed by atoms with E-state index in [9.17, 15) is 4.79 Å². The second-order valence-corrected chi connectivity index (χ2v) is 1.25. The molecule has 30 valence electrons. The van der Waals surface area contributed by atoms with E-state index in [0.717, 1.165) is 0 Å². The van der Waals surface area contributed by atoms with Gasteiger partial charge in [-0.2, -0.15) is 12.6 Å². The van der Waals surface area contributed by atoms with Crippen LogP contribution in [0.5, 0.6) is 0 Å². The van der Waals surface area contributed by atoms with Crippen LogP contribution in [0, 0.1) is 0 Å². The van der Waals surface area contributed by atoms with Gasteiger partial charge < -0.3 is 0 Å². The molecule has 0 heterocycles. The minimum atomic E-state index is -0.409. The van der Waals surface area contributed by atoms with Gasteiger partial charge >= 0.3 is 0 Å². The summed E-state index contributed by atoms with van der Waals surface area (Å²) in [6.07, 6.45) is 0. The Morgan fingerprint density at radius 3 is 2.20 bits per heavy atom. The van der Waals surface area contributed by atoms with Gasteiger partial charge in [-0.15, -0.1) is 0 Å². The maximum Gasteiger partial charge on any atom is 0.231 e. The van der Waals surface area contributed by atoms with E-state index in [1.54, 1.807) is 0 Å². The summed E-state index contributed by atoms with van der Waals surface area (Å²) in [5.74, 6) is 0.127. The molecule has 0 radical (unpaired) electrons. The number of carbonyl (C=O) groups excluding carboxylic acids is 1. The van der Waals surface area contributed by atoms with E-state index in [4.69, 9.17) is 11.6 Å². The molecule has 0 amide bonds. The molecule has 0 unspecified atom stereocenters. The molecule has 0 aromatic carbocycles. The molecule has 0 rings (SSSR count). The Hall–Kier alpha value is 0.310. The molecule has 0 saturated carbocycles. The van der Waals surface area contributed by atoms with Crippen LogP contribution in [0.3, 0.4) is 0 Å². The summed E-state index contributed by atoms with van der Waals surface area (Å²) in [5.41, 5.74) is 0. The molecule has 0 saturated heterocycles. The second kappa shape index (κ2) is 2.54. The van der Waals surface area contributed by atoms with Crippen molar-refractivity contribution in [3.05, 3.63) is 0 Å². The van der Waals surface area contributed by atoms with Crippen LogP contribution in [0.25, 0.3) is 0 Å². The first kappa shape index (κ1) is 5.31. The number of halogens is 1. The van der Waals surface area contributed by atoms with Crippen LogP contribution >= 0.6 is 24.2 Å². The molecule has 0 bridgehead atoms. The SMILES string of the molecule is O=C(Cl)CS. The topological polar surface area (TPSA) is 17.1 Å². The molecule has 0 atom stereocenters. The predicted molar refractivity (Wildman–Crippen MR) is 24.7 cm³/mol. The van der Waals surface area contributed by atoms with Gasteiger partial charge in [0.05, 0.1) is 5.75 Å². The van der Waals surface area contributed by atoms with Gasteiger partial charge in [-0.25, -0.2) is 0 Å². The molecule has 0 aliphatic carbocycles. The van der Waals surface area contributed by atoms with Crippen LogP contribution in [0.15, 0.2) is 0 Å².